The topological polar surface area (TPSA) is 60.7 Å². The van der Waals surface area contributed by atoms with E-state index in [1.165, 1.54) is 0 Å². The molecule has 0 radical (unpaired) electrons. The molecule has 0 spiro atoms. The van der Waals surface area contributed by atoms with Crippen LogP contribution in [-0.2, 0) is 0 Å². The predicted octanol–water partition coefficient (Wildman–Crippen LogP) is 1.46. The maximum absolute atomic E-state index is 9.51. The van der Waals surface area contributed by atoms with E-state index in [0.29, 0.717) is 10.6 Å². The molecule has 1 aromatic rings. The molecule has 0 aliphatic carbocycles. The molecule has 4 heteroatoms. The van der Waals surface area contributed by atoms with E-state index in [0.717, 1.165) is 5.56 Å². The molecule has 0 amide bonds. The molecule has 1 rings (SSSR count). The van der Waals surface area contributed by atoms with Crippen molar-refractivity contribution in [1.29, 1.82) is 0 Å². The van der Waals surface area contributed by atoms with E-state index < -0.39 is 18.8 Å². The standard InChI is InChI=1S/C12H15ClO3/c1-8(6-11(15)12(16)7-14)9-2-4-10(13)5-3-9/h2-5,11-12,14-16H,1,6-7H2/t11-,12+/m0/s1. The minimum atomic E-state index is -1.14. The molecule has 0 fully saturated rings. The normalized spacial score (nSPS) is 14.5. The van der Waals surface area contributed by atoms with Crippen LogP contribution in [0.5, 0.6) is 0 Å². The summed E-state index contributed by atoms with van der Waals surface area (Å²) in [5.41, 5.74) is 1.55. The molecule has 88 valence electrons. The molecule has 3 N–H and O–H groups in total. The van der Waals surface area contributed by atoms with Gasteiger partial charge in [-0.3, -0.25) is 0 Å². The largest absolute Gasteiger partial charge is 0.394 e. The third kappa shape index (κ3) is 3.61. The molecule has 0 unspecified atom stereocenters. The van der Waals surface area contributed by atoms with Gasteiger partial charge in [0, 0.05) is 11.4 Å². The molecular weight excluding hydrogens is 228 g/mol. The van der Waals surface area contributed by atoms with Gasteiger partial charge in [0.05, 0.1) is 12.7 Å². The van der Waals surface area contributed by atoms with Crippen LogP contribution in [-0.4, -0.2) is 34.1 Å². The molecule has 0 aliphatic heterocycles. The highest BCUT2D eigenvalue weighted by Crippen LogP contribution is 2.21. The number of aliphatic hydroxyl groups is 3. The molecule has 2 atom stereocenters. The van der Waals surface area contributed by atoms with Crippen molar-refractivity contribution in [2.75, 3.05) is 6.61 Å². The summed E-state index contributed by atoms with van der Waals surface area (Å²) in [5.74, 6) is 0. The Balaban J connectivity index is 2.62. The van der Waals surface area contributed by atoms with Crippen LogP contribution in [0.15, 0.2) is 30.8 Å². The lowest BCUT2D eigenvalue weighted by atomic mass is 9.99. The highest BCUT2D eigenvalue weighted by Gasteiger charge is 2.16. The summed E-state index contributed by atoms with van der Waals surface area (Å²) in [7, 11) is 0. The first-order chi connectivity index (χ1) is 7.54. The molecule has 0 aliphatic rings. The predicted molar refractivity (Wildman–Crippen MR) is 64.2 cm³/mol. The quantitative estimate of drug-likeness (QED) is 0.733. The summed E-state index contributed by atoms with van der Waals surface area (Å²) in [4.78, 5) is 0. The Morgan fingerprint density at radius 2 is 1.75 bits per heavy atom. The lowest BCUT2D eigenvalue weighted by molar-refractivity contribution is -0.0109. The highest BCUT2D eigenvalue weighted by molar-refractivity contribution is 6.30. The molecule has 16 heavy (non-hydrogen) atoms. The van der Waals surface area contributed by atoms with E-state index in [9.17, 15) is 10.2 Å². The Bertz CT molecular complexity index is 348. The maximum atomic E-state index is 9.51. The Labute approximate surface area is 99.6 Å². The van der Waals surface area contributed by atoms with Gasteiger partial charge in [0.1, 0.15) is 6.10 Å². The van der Waals surface area contributed by atoms with Crippen molar-refractivity contribution >= 4 is 17.2 Å². The van der Waals surface area contributed by atoms with E-state index >= 15 is 0 Å². The van der Waals surface area contributed by atoms with Crippen molar-refractivity contribution < 1.29 is 15.3 Å². The molecule has 0 heterocycles. The lowest BCUT2D eigenvalue weighted by Crippen LogP contribution is -2.29. The average molecular weight is 243 g/mol. The number of benzene rings is 1. The van der Waals surface area contributed by atoms with Gasteiger partial charge in [-0.2, -0.15) is 0 Å². The van der Waals surface area contributed by atoms with E-state index in [2.05, 4.69) is 6.58 Å². The third-order valence-electron chi connectivity index (χ3n) is 2.34. The number of rotatable bonds is 5. The van der Waals surface area contributed by atoms with Crippen LogP contribution in [0, 0.1) is 0 Å². The Morgan fingerprint density at radius 3 is 2.25 bits per heavy atom. The number of halogens is 1. The van der Waals surface area contributed by atoms with Crippen LogP contribution in [0.4, 0.5) is 0 Å². The molecular formula is C12H15ClO3. The van der Waals surface area contributed by atoms with Gasteiger partial charge >= 0.3 is 0 Å². The fourth-order valence-electron chi connectivity index (χ4n) is 1.31. The van der Waals surface area contributed by atoms with Gasteiger partial charge in [-0.1, -0.05) is 30.3 Å². The summed E-state index contributed by atoms with van der Waals surface area (Å²) >= 11 is 5.74. The Hall–Kier alpha value is -0.870. The minimum absolute atomic E-state index is 0.212. The molecule has 0 saturated carbocycles. The van der Waals surface area contributed by atoms with Gasteiger partial charge in [-0.25, -0.2) is 0 Å². The van der Waals surface area contributed by atoms with Crippen LogP contribution < -0.4 is 0 Å². The fourth-order valence-corrected chi connectivity index (χ4v) is 1.44. The van der Waals surface area contributed by atoms with E-state index in [1.54, 1.807) is 24.3 Å². The summed E-state index contributed by atoms with van der Waals surface area (Å²) in [6, 6.07) is 7.05. The minimum Gasteiger partial charge on any atom is -0.394 e. The van der Waals surface area contributed by atoms with Crippen LogP contribution in [0.3, 0.4) is 0 Å². The maximum Gasteiger partial charge on any atom is 0.103 e. The van der Waals surface area contributed by atoms with Gasteiger partial charge in [-0.05, 0) is 23.3 Å². The first-order valence-electron chi connectivity index (χ1n) is 4.95. The van der Waals surface area contributed by atoms with Crippen molar-refractivity contribution in [1.82, 2.24) is 0 Å². The van der Waals surface area contributed by atoms with E-state index in [1.807, 2.05) is 0 Å². The third-order valence-corrected chi connectivity index (χ3v) is 2.59. The zero-order valence-corrected chi connectivity index (χ0v) is 9.56. The molecule has 0 saturated heterocycles. The van der Waals surface area contributed by atoms with Crippen molar-refractivity contribution in [2.24, 2.45) is 0 Å². The second-order valence-corrected chi connectivity index (χ2v) is 4.07. The van der Waals surface area contributed by atoms with Crippen LogP contribution in [0.1, 0.15) is 12.0 Å². The summed E-state index contributed by atoms with van der Waals surface area (Å²) in [6.45, 7) is 3.35. The molecule has 3 nitrogen and oxygen atoms in total. The van der Waals surface area contributed by atoms with Gasteiger partial charge in [0.15, 0.2) is 0 Å². The average Bonchev–Trinajstić information content (AvgIpc) is 2.28. The molecule has 0 bridgehead atoms. The van der Waals surface area contributed by atoms with Gasteiger partial charge in [0.2, 0.25) is 0 Å². The van der Waals surface area contributed by atoms with Crippen molar-refractivity contribution in [3.8, 4) is 0 Å². The summed E-state index contributed by atoms with van der Waals surface area (Å²) in [6.07, 6.45) is -1.93. The highest BCUT2D eigenvalue weighted by atomic mass is 35.5. The van der Waals surface area contributed by atoms with Crippen LogP contribution in [0.2, 0.25) is 5.02 Å². The van der Waals surface area contributed by atoms with Gasteiger partial charge < -0.3 is 15.3 Å². The summed E-state index contributed by atoms with van der Waals surface area (Å²) < 4.78 is 0. The number of hydrogen-bond donors (Lipinski definition) is 3. The SMILES string of the molecule is C=C(C[C@H](O)[C@H](O)CO)c1ccc(Cl)cc1. The molecule has 1 aromatic carbocycles. The van der Waals surface area contributed by atoms with Crippen LogP contribution >= 0.6 is 11.6 Å². The zero-order chi connectivity index (χ0) is 12.1. The van der Waals surface area contributed by atoms with E-state index in [-0.39, 0.29) is 6.42 Å². The van der Waals surface area contributed by atoms with Crippen molar-refractivity contribution in [3.63, 3.8) is 0 Å². The fraction of sp³-hybridized carbons (Fsp3) is 0.333. The second kappa shape index (κ2) is 6.01. The summed E-state index contributed by atoms with van der Waals surface area (Å²) in [5, 5.41) is 28.0. The second-order valence-electron chi connectivity index (χ2n) is 3.63. The van der Waals surface area contributed by atoms with Gasteiger partial charge in [-0.15, -0.1) is 0 Å². The van der Waals surface area contributed by atoms with Crippen LogP contribution in [0.25, 0.3) is 5.57 Å². The Morgan fingerprint density at radius 1 is 1.19 bits per heavy atom. The lowest BCUT2D eigenvalue weighted by Gasteiger charge is -2.16. The number of aliphatic hydroxyl groups excluding tert-OH is 3. The van der Waals surface area contributed by atoms with Crippen molar-refractivity contribution in [2.45, 2.75) is 18.6 Å². The number of hydrogen-bond acceptors (Lipinski definition) is 3. The Kier molecular flexibility index (Phi) is 4.96. The van der Waals surface area contributed by atoms with E-state index in [4.69, 9.17) is 16.7 Å². The first kappa shape index (κ1) is 13.2. The first-order valence-corrected chi connectivity index (χ1v) is 5.33. The zero-order valence-electron chi connectivity index (χ0n) is 8.81. The van der Waals surface area contributed by atoms with Gasteiger partial charge in [0.25, 0.3) is 0 Å². The van der Waals surface area contributed by atoms with Crippen molar-refractivity contribution in [3.05, 3.63) is 41.4 Å². The smallest absolute Gasteiger partial charge is 0.103 e. The monoisotopic (exact) mass is 242 g/mol. The molecule has 0 aromatic heterocycles.